The third-order valence-electron chi connectivity index (χ3n) is 3.58. The molecule has 0 radical (unpaired) electrons. The third-order valence-corrected chi connectivity index (χ3v) is 3.58. The second-order valence-corrected chi connectivity index (χ2v) is 5.60. The van der Waals surface area contributed by atoms with Gasteiger partial charge in [0.1, 0.15) is 0 Å². The van der Waals surface area contributed by atoms with Gasteiger partial charge >= 0.3 is 0 Å². The van der Waals surface area contributed by atoms with Crippen molar-refractivity contribution >= 4 is 11.6 Å². The molecule has 3 nitrogen and oxygen atoms in total. The van der Waals surface area contributed by atoms with Gasteiger partial charge in [-0.3, -0.25) is 4.79 Å². The minimum atomic E-state index is 0.0115. The number of anilines is 1. The lowest BCUT2D eigenvalue weighted by Crippen LogP contribution is -2.14. The smallest absolute Gasteiger partial charge is 0.224 e. The molecule has 0 aliphatic carbocycles. The molecule has 2 aromatic carbocycles. The van der Waals surface area contributed by atoms with Gasteiger partial charge in [-0.1, -0.05) is 44.2 Å². The fourth-order valence-electron chi connectivity index (χ4n) is 2.33. The van der Waals surface area contributed by atoms with Crippen LogP contribution >= 0.6 is 0 Å². The van der Waals surface area contributed by atoms with Gasteiger partial charge in [0.25, 0.3) is 0 Å². The Bertz CT molecular complexity index is 681. The molecule has 0 aliphatic heterocycles. The molecule has 0 saturated heterocycles. The fourth-order valence-corrected chi connectivity index (χ4v) is 2.33. The monoisotopic (exact) mass is 292 g/mol. The Morgan fingerprint density at radius 1 is 1.14 bits per heavy atom. The Kier molecular flexibility index (Phi) is 5.32. The molecule has 22 heavy (non-hydrogen) atoms. The van der Waals surface area contributed by atoms with Gasteiger partial charge < -0.3 is 5.32 Å². The summed E-state index contributed by atoms with van der Waals surface area (Å²) in [5.74, 6) is 0.382. The molecule has 112 valence electrons. The van der Waals surface area contributed by atoms with Crippen LogP contribution in [0.4, 0.5) is 5.69 Å². The largest absolute Gasteiger partial charge is 0.326 e. The summed E-state index contributed by atoms with van der Waals surface area (Å²) in [4.78, 5) is 12.1. The number of nitriles is 1. The van der Waals surface area contributed by atoms with Crippen LogP contribution < -0.4 is 5.32 Å². The maximum atomic E-state index is 12.1. The molecular weight excluding hydrogens is 272 g/mol. The first-order chi connectivity index (χ1) is 10.6. The second kappa shape index (κ2) is 7.42. The quantitative estimate of drug-likeness (QED) is 0.895. The zero-order chi connectivity index (χ0) is 15.9. The number of hydrogen-bond acceptors (Lipinski definition) is 2. The van der Waals surface area contributed by atoms with Crippen LogP contribution in [-0.2, 0) is 11.2 Å². The van der Waals surface area contributed by atoms with Crippen molar-refractivity contribution in [2.45, 2.75) is 32.6 Å². The van der Waals surface area contributed by atoms with Gasteiger partial charge in [0.15, 0.2) is 0 Å². The number of nitrogens with zero attached hydrogens (tertiary/aromatic N) is 1. The van der Waals surface area contributed by atoms with E-state index in [2.05, 4.69) is 25.2 Å². The number of aryl methyl sites for hydroxylation is 1. The molecular formula is C19H20N2O. The minimum Gasteiger partial charge on any atom is -0.326 e. The number of nitrogens with one attached hydrogen (secondary N) is 1. The summed E-state index contributed by atoms with van der Waals surface area (Å²) in [7, 11) is 0. The van der Waals surface area contributed by atoms with E-state index in [0.717, 1.165) is 16.8 Å². The van der Waals surface area contributed by atoms with Crippen molar-refractivity contribution in [1.29, 1.82) is 5.26 Å². The molecule has 2 rings (SSSR count). The molecule has 0 unspecified atom stereocenters. The average Bonchev–Trinajstić information content (AvgIpc) is 2.53. The Morgan fingerprint density at radius 3 is 2.45 bits per heavy atom. The number of benzene rings is 2. The molecule has 3 heteroatoms. The predicted molar refractivity (Wildman–Crippen MR) is 88.6 cm³/mol. The highest BCUT2D eigenvalue weighted by Crippen LogP contribution is 2.23. The number of para-hydroxylation sites is 1. The minimum absolute atomic E-state index is 0.0115. The van der Waals surface area contributed by atoms with Crippen LogP contribution in [0.3, 0.4) is 0 Å². The van der Waals surface area contributed by atoms with E-state index in [1.54, 1.807) is 12.1 Å². The number of hydrogen-bond donors (Lipinski definition) is 1. The van der Waals surface area contributed by atoms with Crippen molar-refractivity contribution in [2.24, 2.45) is 0 Å². The van der Waals surface area contributed by atoms with E-state index in [1.807, 2.05) is 36.4 Å². The Labute approximate surface area is 131 Å². The van der Waals surface area contributed by atoms with Crippen molar-refractivity contribution in [2.75, 3.05) is 5.32 Å². The maximum absolute atomic E-state index is 12.1. The number of carbonyl (C=O) groups is 1. The second-order valence-electron chi connectivity index (χ2n) is 5.60. The number of rotatable bonds is 5. The van der Waals surface area contributed by atoms with Crippen LogP contribution in [0.1, 0.15) is 42.9 Å². The molecule has 0 saturated carbocycles. The lowest BCUT2D eigenvalue weighted by atomic mass is 10.0. The number of amides is 1. The van der Waals surface area contributed by atoms with Crippen molar-refractivity contribution in [3.05, 3.63) is 65.2 Å². The first kappa shape index (κ1) is 15.8. The Morgan fingerprint density at radius 2 is 1.82 bits per heavy atom. The van der Waals surface area contributed by atoms with Gasteiger partial charge in [-0.15, -0.1) is 0 Å². The molecule has 1 amide bonds. The van der Waals surface area contributed by atoms with Crippen LogP contribution in [0.5, 0.6) is 0 Å². The highest BCUT2D eigenvalue weighted by atomic mass is 16.1. The van der Waals surface area contributed by atoms with Gasteiger partial charge in [-0.05, 0) is 41.7 Å². The highest BCUT2D eigenvalue weighted by molar-refractivity contribution is 5.91. The summed E-state index contributed by atoms with van der Waals surface area (Å²) in [6.07, 6.45) is 1.10. The van der Waals surface area contributed by atoms with E-state index in [1.165, 1.54) is 0 Å². The zero-order valence-corrected chi connectivity index (χ0v) is 13.0. The molecule has 1 N–H and O–H groups in total. The summed E-state index contributed by atoms with van der Waals surface area (Å²) in [6, 6.07) is 17.3. The van der Waals surface area contributed by atoms with E-state index < -0.39 is 0 Å². The van der Waals surface area contributed by atoms with E-state index in [9.17, 15) is 4.79 Å². The van der Waals surface area contributed by atoms with Crippen LogP contribution in [0, 0.1) is 11.3 Å². The van der Waals surface area contributed by atoms with Crippen LogP contribution in [0.15, 0.2) is 48.5 Å². The van der Waals surface area contributed by atoms with Gasteiger partial charge in [0.05, 0.1) is 11.6 Å². The van der Waals surface area contributed by atoms with Crippen LogP contribution in [0.25, 0.3) is 0 Å². The molecule has 0 aromatic heterocycles. The normalized spacial score (nSPS) is 10.3. The van der Waals surface area contributed by atoms with E-state index in [4.69, 9.17) is 5.26 Å². The van der Waals surface area contributed by atoms with Gasteiger partial charge in [0, 0.05) is 12.1 Å². The average molecular weight is 292 g/mol. The molecule has 0 aliphatic rings. The Balaban J connectivity index is 1.94. The lowest BCUT2D eigenvalue weighted by Gasteiger charge is -2.13. The maximum Gasteiger partial charge on any atom is 0.224 e. The number of carbonyl (C=O) groups excluding carboxylic acids is 1. The van der Waals surface area contributed by atoms with Crippen molar-refractivity contribution in [1.82, 2.24) is 0 Å². The fraction of sp³-hybridized carbons (Fsp3) is 0.263. The zero-order valence-electron chi connectivity index (χ0n) is 13.0. The van der Waals surface area contributed by atoms with Gasteiger partial charge in [0.2, 0.25) is 5.91 Å². The third kappa shape index (κ3) is 4.20. The first-order valence-corrected chi connectivity index (χ1v) is 7.48. The SMILES string of the molecule is CC(C)c1ccccc1NC(=O)CCc1ccc(C#N)cc1. The van der Waals surface area contributed by atoms with Crippen LogP contribution in [-0.4, -0.2) is 5.91 Å². The van der Waals surface area contributed by atoms with Crippen molar-refractivity contribution in [3.63, 3.8) is 0 Å². The van der Waals surface area contributed by atoms with Gasteiger partial charge in [-0.2, -0.15) is 5.26 Å². The van der Waals surface area contributed by atoms with E-state index in [0.29, 0.717) is 24.3 Å². The van der Waals surface area contributed by atoms with Crippen molar-refractivity contribution < 1.29 is 4.79 Å². The topological polar surface area (TPSA) is 52.9 Å². The summed E-state index contributed by atoms with van der Waals surface area (Å²) in [5, 5.41) is 11.8. The Hall–Kier alpha value is -2.60. The van der Waals surface area contributed by atoms with Crippen molar-refractivity contribution in [3.8, 4) is 6.07 Å². The van der Waals surface area contributed by atoms with Crippen LogP contribution in [0.2, 0.25) is 0 Å². The molecule has 0 atom stereocenters. The first-order valence-electron chi connectivity index (χ1n) is 7.48. The molecule has 2 aromatic rings. The van der Waals surface area contributed by atoms with Gasteiger partial charge in [-0.25, -0.2) is 0 Å². The summed E-state index contributed by atoms with van der Waals surface area (Å²) in [6.45, 7) is 4.23. The van der Waals surface area contributed by atoms with E-state index >= 15 is 0 Å². The summed E-state index contributed by atoms with van der Waals surface area (Å²) >= 11 is 0. The summed E-state index contributed by atoms with van der Waals surface area (Å²) in [5.41, 5.74) is 3.74. The molecule has 0 bridgehead atoms. The molecule has 0 spiro atoms. The standard InChI is InChI=1S/C19H20N2O/c1-14(2)17-5-3-4-6-18(17)21-19(22)12-11-15-7-9-16(13-20)10-8-15/h3-10,14H,11-12H2,1-2H3,(H,21,22). The highest BCUT2D eigenvalue weighted by Gasteiger charge is 2.09. The molecule has 0 fully saturated rings. The predicted octanol–water partition coefficient (Wildman–Crippen LogP) is 4.25. The lowest BCUT2D eigenvalue weighted by molar-refractivity contribution is -0.116. The van der Waals surface area contributed by atoms with E-state index in [-0.39, 0.29) is 5.91 Å². The summed E-state index contributed by atoms with van der Waals surface area (Å²) < 4.78 is 0. The molecule has 0 heterocycles.